The molecule has 0 fully saturated rings. The Labute approximate surface area is 90.5 Å². The van der Waals surface area contributed by atoms with Gasteiger partial charge in [-0.05, 0) is 13.8 Å². The second kappa shape index (κ2) is 5.10. The summed E-state index contributed by atoms with van der Waals surface area (Å²) in [6.45, 7) is 3.56. The number of aromatic amines is 2. The zero-order valence-electron chi connectivity index (χ0n) is 8.96. The van der Waals surface area contributed by atoms with Crippen LogP contribution in [0.5, 0.6) is 0 Å². The molecule has 0 saturated carbocycles. The second-order valence-electron chi connectivity index (χ2n) is 3.43. The molecule has 0 atom stereocenters. The number of H-pyrrole nitrogens is 2. The molecular formula is C8H13N5O3. The number of rotatable bonds is 4. The fourth-order valence-electron chi connectivity index (χ4n) is 1.00. The Kier molecular flexibility index (Phi) is 3.81. The van der Waals surface area contributed by atoms with Gasteiger partial charge in [0.1, 0.15) is 0 Å². The molecule has 1 aromatic rings. The molecule has 1 heterocycles. The van der Waals surface area contributed by atoms with E-state index in [1.54, 1.807) is 0 Å². The smallest absolute Gasteiger partial charge is 0.342 e. The van der Waals surface area contributed by atoms with Gasteiger partial charge in [-0.15, -0.1) is 5.10 Å². The first-order valence-corrected chi connectivity index (χ1v) is 4.71. The maximum Gasteiger partial charge on any atom is 0.342 e. The number of anilines is 1. The highest BCUT2D eigenvalue weighted by Crippen LogP contribution is 1.85. The summed E-state index contributed by atoms with van der Waals surface area (Å²) in [5.74, 6) is -0.360. The van der Waals surface area contributed by atoms with E-state index in [0.717, 1.165) is 0 Å². The van der Waals surface area contributed by atoms with E-state index in [9.17, 15) is 14.4 Å². The van der Waals surface area contributed by atoms with Crippen LogP contribution in [0.25, 0.3) is 0 Å². The molecule has 1 amide bonds. The van der Waals surface area contributed by atoms with Crippen LogP contribution in [0.4, 0.5) is 5.82 Å². The Hall–Kier alpha value is -2.12. The lowest BCUT2D eigenvalue weighted by molar-refractivity contribution is -0.119. The van der Waals surface area contributed by atoms with Crippen LogP contribution in [0.1, 0.15) is 13.8 Å². The van der Waals surface area contributed by atoms with E-state index in [1.165, 1.54) is 0 Å². The molecule has 0 bridgehead atoms. The average Bonchev–Trinajstić information content (AvgIpc) is 2.15. The van der Waals surface area contributed by atoms with Crippen molar-refractivity contribution >= 4 is 11.7 Å². The Bertz CT molecular complexity index is 475. The summed E-state index contributed by atoms with van der Waals surface area (Å²) in [6, 6.07) is 0.0242. The van der Waals surface area contributed by atoms with E-state index in [2.05, 4.69) is 15.7 Å². The zero-order valence-corrected chi connectivity index (χ0v) is 8.96. The van der Waals surface area contributed by atoms with Crippen molar-refractivity contribution in [1.29, 1.82) is 0 Å². The molecule has 0 spiro atoms. The van der Waals surface area contributed by atoms with Gasteiger partial charge in [0, 0.05) is 6.04 Å². The highest BCUT2D eigenvalue weighted by molar-refractivity contribution is 5.80. The summed E-state index contributed by atoms with van der Waals surface area (Å²) < 4.78 is 0. The third kappa shape index (κ3) is 3.56. The van der Waals surface area contributed by atoms with Crippen molar-refractivity contribution in [3.05, 3.63) is 20.8 Å². The number of amides is 1. The average molecular weight is 227 g/mol. The molecule has 88 valence electrons. The third-order valence-electron chi connectivity index (χ3n) is 1.58. The summed E-state index contributed by atoms with van der Waals surface area (Å²) in [5.41, 5.74) is -1.36. The number of carbonyl (C=O) groups is 1. The van der Waals surface area contributed by atoms with Gasteiger partial charge >= 0.3 is 5.69 Å². The van der Waals surface area contributed by atoms with Gasteiger partial charge in [-0.25, -0.2) is 9.89 Å². The van der Waals surface area contributed by atoms with Gasteiger partial charge < -0.3 is 10.6 Å². The minimum absolute atomic E-state index is 0.0242. The van der Waals surface area contributed by atoms with Crippen molar-refractivity contribution < 1.29 is 4.79 Å². The van der Waals surface area contributed by atoms with Crippen LogP contribution >= 0.6 is 0 Å². The minimum atomic E-state index is -0.692. The zero-order chi connectivity index (χ0) is 12.1. The van der Waals surface area contributed by atoms with E-state index in [1.807, 2.05) is 23.9 Å². The molecule has 0 unspecified atom stereocenters. The number of carbonyl (C=O) groups excluding carboxylic acids is 1. The van der Waals surface area contributed by atoms with Gasteiger partial charge in [-0.3, -0.25) is 14.6 Å². The van der Waals surface area contributed by atoms with E-state index in [-0.39, 0.29) is 24.3 Å². The molecule has 1 aromatic heterocycles. The molecule has 4 N–H and O–H groups in total. The SMILES string of the molecule is CC(C)NC(=O)CNc1n[nH]c(=O)[nH]c1=O. The van der Waals surface area contributed by atoms with Crippen molar-refractivity contribution in [3.63, 3.8) is 0 Å². The van der Waals surface area contributed by atoms with Crippen LogP contribution in [-0.4, -0.2) is 33.7 Å². The topological polar surface area (TPSA) is 120 Å². The first-order valence-electron chi connectivity index (χ1n) is 4.71. The largest absolute Gasteiger partial charge is 0.355 e. The van der Waals surface area contributed by atoms with Gasteiger partial charge in [-0.1, -0.05) is 0 Å². The fraction of sp³-hybridized carbons (Fsp3) is 0.500. The molecule has 8 heteroatoms. The lowest BCUT2D eigenvalue weighted by Gasteiger charge is -2.08. The van der Waals surface area contributed by atoms with Crippen molar-refractivity contribution in [1.82, 2.24) is 20.5 Å². The van der Waals surface area contributed by atoms with Gasteiger partial charge in [-0.2, -0.15) is 0 Å². The first kappa shape index (κ1) is 12.0. The Morgan fingerprint density at radius 1 is 1.44 bits per heavy atom. The Morgan fingerprint density at radius 3 is 2.69 bits per heavy atom. The summed E-state index contributed by atoms with van der Waals surface area (Å²) in [4.78, 5) is 35.0. The normalized spacial score (nSPS) is 10.2. The van der Waals surface area contributed by atoms with Crippen LogP contribution in [-0.2, 0) is 4.79 Å². The van der Waals surface area contributed by atoms with Crippen LogP contribution in [0.2, 0.25) is 0 Å². The molecule has 0 aromatic carbocycles. The van der Waals surface area contributed by atoms with Crippen molar-refractivity contribution in [3.8, 4) is 0 Å². The van der Waals surface area contributed by atoms with Crippen molar-refractivity contribution in [2.24, 2.45) is 0 Å². The maximum absolute atomic E-state index is 11.2. The van der Waals surface area contributed by atoms with E-state index in [4.69, 9.17) is 0 Å². The quantitative estimate of drug-likeness (QED) is 0.493. The highest BCUT2D eigenvalue weighted by atomic mass is 16.2. The number of hydrogen-bond acceptors (Lipinski definition) is 5. The van der Waals surface area contributed by atoms with Gasteiger partial charge in [0.05, 0.1) is 6.54 Å². The van der Waals surface area contributed by atoms with Gasteiger partial charge in [0.15, 0.2) is 0 Å². The lowest BCUT2D eigenvalue weighted by Crippen LogP contribution is -2.36. The van der Waals surface area contributed by atoms with Crippen molar-refractivity contribution in [2.75, 3.05) is 11.9 Å². The fourth-order valence-corrected chi connectivity index (χ4v) is 1.00. The molecular weight excluding hydrogens is 214 g/mol. The van der Waals surface area contributed by atoms with Gasteiger partial charge in [0.25, 0.3) is 5.56 Å². The standard InChI is InChI=1S/C8H13N5O3/c1-4(2)10-5(14)3-9-6-7(15)11-8(16)13-12-6/h4H,3H2,1-2H3,(H,9,12)(H,10,14)(H2,11,13,15,16). The number of nitrogens with one attached hydrogen (secondary N) is 4. The van der Waals surface area contributed by atoms with Crippen LogP contribution in [0.15, 0.2) is 9.59 Å². The van der Waals surface area contributed by atoms with Gasteiger partial charge in [0.2, 0.25) is 11.7 Å². The molecule has 16 heavy (non-hydrogen) atoms. The second-order valence-corrected chi connectivity index (χ2v) is 3.43. The summed E-state index contributed by atoms with van der Waals surface area (Å²) >= 11 is 0. The van der Waals surface area contributed by atoms with E-state index in [0.29, 0.717) is 0 Å². The molecule has 0 radical (unpaired) electrons. The summed E-state index contributed by atoms with van der Waals surface area (Å²) in [7, 11) is 0. The maximum atomic E-state index is 11.2. The van der Waals surface area contributed by atoms with Crippen LogP contribution in [0, 0.1) is 0 Å². The van der Waals surface area contributed by atoms with Crippen LogP contribution in [0.3, 0.4) is 0 Å². The number of hydrogen-bond donors (Lipinski definition) is 4. The molecule has 0 saturated heterocycles. The van der Waals surface area contributed by atoms with E-state index < -0.39 is 11.2 Å². The summed E-state index contributed by atoms with van der Waals surface area (Å²) in [6.07, 6.45) is 0. The minimum Gasteiger partial charge on any atom is -0.355 e. The molecule has 8 nitrogen and oxygen atoms in total. The summed E-state index contributed by atoms with van der Waals surface area (Å²) in [5, 5.41) is 10.6. The molecule has 0 aliphatic heterocycles. The lowest BCUT2D eigenvalue weighted by atomic mass is 10.4. The molecule has 0 aliphatic rings. The van der Waals surface area contributed by atoms with Crippen molar-refractivity contribution in [2.45, 2.75) is 19.9 Å². The monoisotopic (exact) mass is 227 g/mol. The number of aromatic nitrogens is 3. The Morgan fingerprint density at radius 2 is 2.12 bits per heavy atom. The third-order valence-corrected chi connectivity index (χ3v) is 1.58. The molecule has 0 aliphatic carbocycles. The highest BCUT2D eigenvalue weighted by Gasteiger charge is 2.05. The predicted molar refractivity (Wildman–Crippen MR) is 57.2 cm³/mol. The predicted octanol–water partition coefficient (Wildman–Crippen LogP) is -1.61. The first-order chi connectivity index (χ1) is 7.49. The Balaban J connectivity index is 2.58. The van der Waals surface area contributed by atoms with Crippen LogP contribution < -0.4 is 21.9 Å². The van der Waals surface area contributed by atoms with E-state index >= 15 is 0 Å². The number of nitrogens with zero attached hydrogens (tertiary/aromatic N) is 1. The molecule has 1 rings (SSSR count).